The van der Waals surface area contributed by atoms with Crippen LogP contribution in [-0.2, 0) is 23.9 Å². The Hall–Kier alpha value is -3.70. The molecule has 0 unspecified atom stereocenters. The number of hydrogen-bond donors (Lipinski definition) is 4. The molecule has 166 valence electrons. The largest absolute Gasteiger partial charge is 0.483 e. The molecule has 0 bridgehead atoms. The maximum absolute atomic E-state index is 11.9. The second-order valence-electron chi connectivity index (χ2n) is 6.36. The van der Waals surface area contributed by atoms with Gasteiger partial charge in [0.05, 0.1) is 19.8 Å². The van der Waals surface area contributed by atoms with E-state index in [1.807, 2.05) is 47.4 Å². The van der Waals surface area contributed by atoms with E-state index in [4.69, 9.17) is 29.3 Å². The molecular weight excluding hydrogens is 410 g/mol. The number of carbonyl (C=O) groups is 4. The molecule has 1 saturated heterocycles. The topological polar surface area (TPSA) is 154 Å². The highest BCUT2D eigenvalue weighted by Gasteiger charge is 2.14. The van der Waals surface area contributed by atoms with Crippen LogP contribution < -0.4 is 15.6 Å². The number of fused-ring (bicyclic) bond motifs is 1. The van der Waals surface area contributed by atoms with Gasteiger partial charge < -0.3 is 19.7 Å². The lowest BCUT2D eigenvalue weighted by Gasteiger charge is -2.25. The summed E-state index contributed by atoms with van der Waals surface area (Å²) in [6.45, 7) is 2.73. The van der Waals surface area contributed by atoms with Crippen molar-refractivity contribution in [3.05, 3.63) is 42.5 Å². The van der Waals surface area contributed by atoms with E-state index >= 15 is 0 Å². The molecule has 1 aliphatic rings. The number of rotatable bonds is 5. The van der Waals surface area contributed by atoms with Crippen LogP contribution in [0.4, 0.5) is 0 Å². The Balaban J connectivity index is 0.000000501. The second-order valence-corrected chi connectivity index (χ2v) is 6.36. The maximum Gasteiger partial charge on any atom is 0.414 e. The van der Waals surface area contributed by atoms with Gasteiger partial charge in [0.2, 0.25) is 0 Å². The van der Waals surface area contributed by atoms with E-state index in [0.29, 0.717) is 32.1 Å². The van der Waals surface area contributed by atoms with Crippen molar-refractivity contribution < 1.29 is 38.9 Å². The van der Waals surface area contributed by atoms with E-state index in [-0.39, 0.29) is 19.1 Å². The molecule has 0 radical (unpaired) electrons. The zero-order valence-electron chi connectivity index (χ0n) is 16.6. The summed E-state index contributed by atoms with van der Waals surface area (Å²) >= 11 is 0. The summed E-state index contributed by atoms with van der Waals surface area (Å²) in [5, 5.41) is 16.8. The van der Waals surface area contributed by atoms with Crippen LogP contribution >= 0.6 is 0 Å². The Kier molecular flexibility index (Phi) is 9.20. The highest BCUT2D eigenvalue weighted by atomic mass is 16.5. The molecule has 0 spiro atoms. The molecule has 1 heterocycles. The fraction of sp³-hybridized carbons (Fsp3) is 0.300. The quantitative estimate of drug-likeness (QED) is 0.372. The number of aliphatic carboxylic acids is 2. The first-order chi connectivity index (χ1) is 14.9. The van der Waals surface area contributed by atoms with Crippen LogP contribution in [0.25, 0.3) is 10.8 Å². The molecule has 31 heavy (non-hydrogen) atoms. The molecule has 11 heteroatoms. The lowest BCUT2D eigenvalue weighted by atomic mass is 10.1. The number of nitrogens with zero attached hydrogens (tertiary/aromatic N) is 1. The summed E-state index contributed by atoms with van der Waals surface area (Å²) in [6.07, 6.45) is 0. The highest BCUT2D eigenvalue weighted by molar-refractivity contribution is 6.27. The molecule has 0 atom stereocenters. The lowest BCUT2D eigenvalue weighted by molar-refractivity contribution is -0.159. The third kappa shape index (κ3) is 8.28. The van der Waals surface area contributed by atoms with Crippen LogP contribution in [0.3, 0.4) is 0 Å². The van der Waals surface area contributed by atoms with Crippen molar-refractivity contribution >= 4 is 34.5 Å². The van der Waals surface area contributed by atoms with Crippen LogP contribution in [0, 0.1) is 0 Å². The molecule has 4 N–H and O–H groups in total. The number of benzene rings is 2. The van der Waals surface area contributed by atoms with E-state index in [1.165, 1.54) is 0 Å². The van der Waals surface area contributed by atoms with Crippen molar-refractivity contribution in [1.82, 2.24) is 15.8 Å². The van der Waals surface area contributed by atoms with Gasteiger partial charge >= 0.3 is 11.9 Å². The number of ether oxygens (including phenoxy) is 2. The standard InChI is InChI=1S/C18H21N3O4.C2H2O4/c22-17(12-21-8-10-24-11-9-21)19-20-18(23)13-25-16-7-3-5-14-4-1-2-6-15(14)16;3-1(4)2(5)6/h1-7H,8-13H2,(H,19,22)(H,20,23);(H,3,4)(H,5,6). The number of carboxylic acids is 2. The monoisotopic (exact) mass is 433 g/mol. The van der Waals surface area contributed by atoms with Crippen molar-refractivity contribution in [1.29, 1.82) is 0 Å². The SMILES string of the molecule is O=C(COc1cccc2ccccc12)NNC(=O)CN1CCOCC1.O=C(O)C(=O)O. The van der Waals surface area contributed by atoms with Gasteiger partial charge in [-0.3, -0.25) is 25.3 Å². The molecule has 0 aromatic heterocycles. The van der Waals surface area contributed by atoms with Gasteiger partial charge in [-0.25, -0.2) is 9.59 Å². The van der Waals surface area contributed by atoms with Gasteiger partial charge in [0, 0.05) is 18.5 Å². The zero-order valence-corrected chi connectivity index (χ0v) is 16.6. The summed E-state index contributed by atoms with van der Waals surface area (Å²) in [5.74, 6) is -3.69. The summed E-state index contributed by atoms with van der Waals surface area (Å²) in [6, 6.07) is 13.4. The minimum absolute atomic E-state index is 0.175. The van der Waals surface area contributed by atoms with E-state index in [2.05, 4.69) is 10.9 Å². The predicted molar refractivity (Wildman–Crippen MR) is 108 cm³/mol. The summed E-state index contributed by atoms with van der Waals surface area (Å²) in [5.41, 5.74) is 4.77. The Morgan fingerprint density at radius 2 is 1.52 bits per heavy atom. The molecule has 2 aromatic carbocycles. The highest BCUT2D eigenvalue weighted by Crippen LogP contribution is 2.24. The Labute approximate surface area is 177 Å². The first kappa shape index (κ1) is 23.6. The Morgan fingerprint density at radius 1 is 0.903 bits per heavy atom. The van der Waals surface area contributed by atoms with Crippen LogP contribution in [-0.4, -0.2) is 78.3 Å². The summed E-state index contributed by atoms with van der Waals surface area (Å²) in [7, 11) is 0. The number of carbonyl (C=O) groups excluding carboxylic acids is 2. The molecule has 2 aromatic rings. The summed E-state index contributed by atoms with van der Waals surface area (Å²) < 4.78 is 10.8. The first-order valence-electron chi connectivity index (χ1n) is 9.31. The number of morpholine rings is 1. The van der Waals surface area contributed by atoms with Gasteiger partial charge in [-0.05, 0) is 11.5 Å². The van der Waals surface area contributed by atoms with Crippen LogP contribution in [0.1, 0.15) is 0 Å². The lowest BCUT2D eigenvalue weighted by Crippen LogP contribution is -2.49. The van der Waals surface area contributed by atoms with Crippen LogP contribution in [0.15, 0.2) is 42.5 Å². The normalized spacial score (nSPS) is 13.4. The van der Waals surface area contributed by atoms with Crippen molar-refractivity contribution in [3.8, 4) is 5.75 Å². The van der Waals surface area contributed by atoms with E-state index < -0.39 is 17.8 Å². The minimum Gasteiger partial charge on any atom is -0.483 e. The molecule has 1 fully saturated rings. The number of carboxylic acid groups (broad SMARTS) is 2. The van der Waals surface area contributed by atoms with Crippen LogP contribution in [0.5, 0.6) is 5.75 Å². The van der Waals surface area contributed by atoms with Gasteiger partial charge in [0.25, 0.3) is 11.8 Å². The number of hydrogen-bond acceptors (Lipinski definition) is 7. The van der Waals surface area contributed by atoms with Crippen molar-refractivity contribution in [2.45, 2.75) is 0 Å². The van der Waals surface area contributed by atoms with E-state index in [1.54, 1.807) is 0 Å². The smallest absolute Gasteiger partial charge is 0.414 e. The molecular formula is C20H23N3O8. The third-order valence-electron chi connectivity index (χ3n) is 4.10. The predicted octanol–water partition coefficient (Wildman–Crippen LogP) is -0.146. The van der Waals surface area contributed by atoms with E-state index in [9.17, 15) is 9.59 Å². The van der Waals surface area contributed by atoms with Gasteiger partial charge in [0.15, 0.2) is 6.61 Å². The number of amides is 2. The van der Waals surface area contributed by atoms with Crippen molar-refractivity contribution in [3.63, 3.8) is 0 Å². The van der Waals surface area contributed by atoms with Gasteiger partial charge in [-0.1, -0.05) is 36.4 Å². The minimum atomic E-state index is -1.82. The fourth-order valence-corrected chi connectivity index (χ4v) is 2.64. The molecule has 0 aliphatic carbocycles. The molecule has 0 saturated carbocycles. The number of nitrogens with one attached hydrogen (secondary N) is 2. The first-order valence-corrected chi connectivity index (χ1v) is 9.31. The van der Waals surface area contributed by atoms with Crippen molar-refractivity contribution in [2.75, 3.05) is 39.5 Å². The van der Waals surface area contributed by atoms with E-state index in [0.717, 1.165) is 10.8 Å². The molecule has 1 aliphatic heterocycles. The maximum atomic E-state index is 11.9. The number of hydrazine groups is 1. The zero-order chi connectivity index (χ0) is 22.6. The molecule has 2 amide bonds. The average molecular weight is 433 g/mol. The fourth-order valence-electron chi connectivity index (χ4n) is 2.64. The van der Waals surface area contributed by atoms with Gasteiger partial charge in [-0.15, -0.1) is 0 Å². The Bertz CT molecular complexity index is 910. The van der Waals surface area contributed by atoms with Gasteiger partial charge in [-0.2, -0.15) is 0 Å². The third-order valence-corrected chi connectivity index (χ3v) is 4.10. The van der Waals surface area contributed by atoms with Crippen molar-refractivity contribution in [2.24, 2.45) is 0 Å². The summed E-state index contributed by atoms with van der Waals surface area (Å²) in [4.78, 5) is 43.8. The molecule has 3 rings (SSSR count). The van der Waals surface area contributed by atoms with Crippen LogP contribution in [0.2, 0.25) is 0 Å². The Morgan fingerprint density at radius 3 is 2.19 bits per heavy atom. The average Bonchev–Trinajstić information content (AvgIpc) is 2.77. The second kappa shape index (κ2) is 12.1. The van der Waals surface area contributed by atoms with Gasteiger partial charge in [0.1, 0.15) is 5.75 Å². The molecule has 11 nitrogen and oxygen atoms in total.